The number of hydrogen-bond donors (Lipinski definition) is 4. The van der Waals surface area contributed by atoms with Crippen molar-refractivity contribution in [3.63, 3.8) is 0 Å². The monoisotopic (exact) mass is 437 g/mol. The van der Waals surface area contributed by atoms with Crippen LogP contribution in [-0.2, 0) is 11.3 Å². The van der Waals surface area contributed by atoms with E-state index in [1.54, 1.807) is 27.7 Å². The van der Waals surface area contributed by atoms with Gasteiger partial charge in [-0.25, -0.2) is 8.78 Å². The summed E-state index contributed by atoms with van der Waals surface area (Å²) >= 11 is 0. The highest BCUT2D eigenvalue weighted by Crippen LogP contribution is 2.29. The molecule has 0 aliphatic rings. The summed E-state index contributed by atoms with van der Waals surface area (Å²) < 4.78 is 28.1. The highest BCUT2D eigenvalue weighted by atomic mass is 19.1. The van der Waals surface area contributed by atoms with E-state index in [9.17, 15) is 28.6 Å². The van der Waals surface area contributed by atoms with Gasteiger partial charge in [-0.05, 0) is 56.5 Å². The molecule has 0 saturated carbocycles. The molecule has 1 heterocycles. The summed E-state index contributed by atoms with van der Waals surface area (Å²) in [6.45, 7) is 5.32. The van der Waals surface area contributed by atoms with E-state index >= 15 is 0 Å². The zero-order valence-corrected chi connectivity index (χ0v) is 18.1. The Kier molecular flexibility index (Phi) is 8.29. The van der Waals surface area contributed by atoms with Crippen LogP contribution in [0.25, 0.3) is 0 Å². The van der Waals surface area contributed by atoms with Gasteiger partial charge in [-0.2, -0.15) is 0 Å². The van der Waals surface area contributed by atoms with Crippen molar-refractivity contribution < 1.29 is 28.6 Å². The lowest BCUT2D eigenvalue weighted by Gasteiger charge is -2.19. The van der Waals surface area contributed by atoms with Gasteiger partial charge in [-0.1, -0.05) is 6.92 Å². The van der Waals surface area contributed by atoms with Crippen molar-refractivity contribution in [2.75, 3.05) is 18.6 Å². The van der Waals surface area contributed by atoms with Crippen LogP contribution in [0.1, 0.15) is 52.3 Å². The molecule has 0 spiro atoms. The maximum atomic E-state index is 13.5. The van der Waals surface area contributed by atoms with Gasteiger partial charge in [0.15, 0.2) is 6.10 Å². The van der Waals surface area contributed by atoms with Gasteiger partial charge in [0, 0.05) is 11.4 Å². The van der Waals surface area contributed by atoms with Crippen molar-refractivity contribution in [1.29, 1.82) is 0 Å². The minimum absolute atomic E-state index is 0.112. The fraction of sp³-hybridized carbons (Fsp3) is 0.455. The molecule has 0 aliphatic carbocycles. The van der Waals surface area contributed by atoms with Crippen molar-refractivity contribution >= 4 is 17.5 Å². The third-order valence-corrected chi connectivity index (χ3v) is 5.33. The number of nitrogens with one attached hydrogen (secondary N) is 2. The number of nitrogens with zero attached hydrogens (tertiary/aromatic N) is 1. The largest absolute Gasteiger partial charge is 0.394 e. The Bertz CT molecular complexity index is 955. The van der Waals surface area contributed by atoms with E-state index in [2.05, 4.69) is 10.6 Å². The number of carbonyl (C=O) groups is 2. The molecule has 9 heteroatoms. The van der Waals surface area contributed by atoms with Crippen LogP contribution in [0, 0.1) is 26.6 Å². The van der Waals surface area contributed by atoms with Gasteiger partial charge in [0.2, 0.25) is 0 Å². The topological polar surface area (TPSA) is 104 Å². The average Bonchev–Trinajstić information content (AvgIpc) is 2.98. The number of aromatic nitrogens is 1. The van der Waals surface area contributed by atoms with Crippen molar-refractivity contribution in [3.05, 3.63) is 52.1 Å². The molecule has 0 fully saturated rings. The molecular formula is C22H29F2N3O4. The zero-order valence-electron chi connectivity index (χ0n) is 18.1. The summed E-state index contributed by atoms with van der Waals surface area (Å²) in [6, 6.07) is 3.62. The third kappa shape index (κ3) is 5.29. The van der Waals surface area contributed by atoms with Crippen LogP contribution in [0.2, 0.25) is 0 Å². The fourth-order valence-corrected chi connectivity index (χ4v) is 3.57. The molecule has 2 atom stereocenters. The van der Waals surface area contributed by atoms with E-state index in [-0.39, 0.29) is 24.4 Å². The number of anilines is 1. The van der Waals surface area contributed by atoms with Gasteiger partial charge >= 0.3 is 0 Å². The van der Waals surface area contributed by atoms with Gasteiger partial charge in [0.25, 0.3) is 11.8 Å². The van der Waals surface area contributed by atoms with E-state index in [4.69, 9.17) is 0 Å². The maximum absolute atomic E-state index is 13.5. The number of alkyl halides is 1. The molecule has 1 aromatic carbocycles. The Hall–Kier alpha value is -2.78. The van der Waals surface area contributed by atoms with Crippen LogP contribution in [0.5, 0.6) is 0 Å². The summed E-state index contributed by atoms with van der Waals surface area (Å²) in [5.74, 6) is -1.67. The van der Waals surface area contributed by atoms with E-state index in [1.165, 1.54) is 22.8 Å². The molecule has 0 bridgehead atoms. The van der Waals surface area contributed by atoms with E-state index in [1.807, 2.05) is 0 Å². The van der Waals surface area contributed by atoms with Crippen molar-refractivity contribution in [1.82, 2.24) is 9.88 Å². The summed E-state index contributed by atoms with van der Waals surface area (Å²) in [4.78, 5) is 25.5. The fourth-order valence-electron chi connectivity index (χ4n) is 3.57. The maximum Gasteiger partial charge on any atom is 0.257 e. The summed E-state index contributed by atoms with van der Waals surface area (Å²) in [7, 11) is 0. The lowest BCUT2D eigenvalue weighted by Crippen LogP contribution is -2.40. The molecule has 2 amide bonds. The van der Waals surface area contributed by atoms with Crippen molar-refractivity contribution in [3.8, 4) is 0 Å². The third-order valence-electron chi connectivity index (χ3n) is 5.33. The van der Waals surface area contributed by atoms with Crippen molar-refractivity contribution in [2.45, 2.75) is 52.8 Å². The molecule has 2 rings (SSSR count). The van der Waals surface area contributed by atoms with Crippen LogP contribution in [0.15, 0.2) is 18.2 Å². The number of rotatable bonds is 9. The number of aryl methyl sites for hydroxylation is 1. The molecule has 0 aliphatic heterocycles. The Morgan fingerprint density at radius 2 is 1.90 bits per heavy atom. The first-order valence-electron chi connectivity index (χ1n) is 10.1. The van der Waals surface area contributed by atoms with Gasteiger partial charge in [-0.3, -0.25) is 9.59 Å². The Labute approximate surface area is 180 Å². The normalized spacial score (nSPS) is 13.0. The minimum Gasteiger partial charge on any atom is -0.394 e. The second-order valence-corrected chi connectivity index (χ2v) is 7.43. The van der Waals surface area contributed by atoms with Gasteiger partial charge < -0.3 is 25.4 Å². The van der Waals surface area contributed by atoms with E-state index < -0.39 is 36.5 Å². The quantitative estimate of drug-likeness (QED) is 0.484. The summed E-state index contributed by atoms with van der Waals surface area (Å²) in [6.07, 6.45) is -1.19. The van der Waals surface area contributed by atoms with Crippen LogP contribution >= 0.6 is 0 Å². The SMILES string of the molecule is CC[C@@H](CO)NC(=O)C(O)c1c(C)c(C(=O)Nc2ccc(F)c(C)c2)c(C)n1CCF. The van der Waals surface area contributed by atoms with Crippen LogP contribution in [-0.4, -0.2) is 45.9 Å². The van der Waals surface area contributed by atoms with Crippen LogP contribution < -0.4 is 10.6 Å². The second kappa shape index (κ2) is 10.5. The first-order chi connectivity index (χ1) is 14.7. The Balaban J connectivity index is 2.42. The number of carbonyl (C=O) groups excluding carboxylic acids is 2. The molecular weight excluding hydrogens is 408 g/mol. The molecule has 4 N–H and O–H groups in total. The van der Waals surface area contributed by atoms with Gasteiger partial charge in [0.1, 0.15) is 12.5 Å². The molecule has 31 heavy (non-hydrogen) atoms. The number of aliphatic hydroxyl groups excluding tert-OH is 2. The lowest BCUT2D eigenvalue weighted by molar-refractivity contribution is -0.131. The smallest absolute Gasteiger partial charge is 0.257 e. The first-order valence-corrected chi connectivity index (χ1v) is 10.1. The molecule has 0 radical (unpaired) electrons. The zero-order chi connectivity index (χ0) is 23.3. The molecule has 0 saturated heterocycles. The number of amides is 2. The van der Waals surface area contributed by atoms with Crippen molar-refractivity contribution in [2.24, 2.45) is 0 Å². The number of halogens is 2. The molecule has 170 valence electrons. The van der Waals surface area contributed by atoms with E-state index in [0.29, 0.717) is 28.9 Å². The molecule has 7 nitrogen and oxygen atoms in total. The number of aliphatic hydroxyl groups is 2. The van der Waals surface area contributed by atoms with Gasteiger partial charge in [-0.15, -0.1) is 0 Å². The highest BCUT2D eigenvalue weighted by Gasteiger charge is 2.30. The molecule has 1 aromatic heterocycles. The summed E-state index contributed by atoms with van der Waals surface area (Å²) in [5.41, 5.74) is 1.79. The minimum atomic E-state index is -1.65. The Morgan fingerprint density at radius 1 is 1.23 bits per heavy atom. The summed E-state index contributed by atoms with van der Waals surface area (Å²) in [5, 5.41) is 25.2. The molecule has 1 unspecified atom stereocenters. The van der Waals surface area contributed by atoms with Crippen LogP contribution in [0.4, 0.5) is 14.5 Å². The average molecular weight is 437 g/mol. The lowest BCUT2D eigenvalue weighted by atomic mass is 10.1. The second-order valence-electron chi connectivity index (χ2n) is 7.43. The Morgan fingerprint density at radius 3 is 2.45 bits per heavy atom. The van der Waals surface area contributed by atoms with Gasteiger partial charge in [0.05, 0.1) is 30.5 Å². The predicted octanol–water partition coefficient (Wildman–Crippen LogP) is 2.69. The number of hydrogen-bond acceptors (Lipinski definition) is 4. The first kappa shape index (κ1) is 24.5. The van der Waals surface area contributed by atoms with E-state index in [0.717, 1.165) is 0 Å². The standard InChI is InChI=1S/C22H29F2N3O4/c1-5-15(11-28)25-22(31)20(29)19-13(3)18(14(4)27(19)9-8-23)21(30)26-16-6-7-17(24)12(2)10-16/h6-7,10,15,20,28-29H,5,8-9,11H2,1-4H3,(H,25,31)(H,26,30)/t15-,20?/m0/s1. The van der Waals surface area contributed by atoms with Crippen LogP contribution in [0.3, 0.4) is 0 Å². The highest BCUT2D eigenvalue weighted by molar-refractivity contribution is 6.06. The molecule has 2 aromatic rings. The predicted molar refractivity (Wildman–Crippen MR) is 113 cm³/mol. The number of benzene rings is 1.